The quantitative estimate of drug-likeness (QED) is 0.424. The second-order valence-electron chi connectivity index (χ2n) is 7.33. The fourth-order valence-electron chi connectivity index (χ4n) is 3.24. The van der Waals surface area contributed by atoms with Crippen LogP contribution in [0.25, 0.3) is 0 Å². The molecule has 0 atom stereocenters. The summed E-state index contributed by atoms with van der Waals surface area (Å²) in [6.07, 6.45) is 0. The first-order valence-electron chi connectivity index (χ1n) is 10.2. The lowest BCUT2D eigenvalue weighted by Gasteiger charge is -2.15. The van der Waals surface area contributed by atoms with Gasteiger partial charge in [-0.1, -0.05) is 35.3 Å². The Labute approximate surface area is 207 Å². The van der Waals surface area contributed by atoms with Gasteiger partial charge >= 0.3 is 0 Å². The van der Waals surface area contributed by atoms with Crippen molar-refractivity contribution in [3.8, 4) is 17.2 Å². The molecule has 2 N–H and O–H groups in total. The summed E-state index contributed by atoms with van der Waals surface area (Å²) in [5.41, 5.74) is 2.81. The van der Waals surface area contributed by atoms with Gasteiger partial charge in [-0.05, 0) is 54.4 Å². The number of hydrogen-bond donors (Lipinski definition) is 2. The van der Waals surface area contributed by atoms with Crippen LogP contribution >= 0.6 is 23.2 Å². The molecular weight excluding hydrogens is 479 g/mol. The predicted molar refractivity (Wildman–Crippen MR) is 133 cm³/mol. The van der Waals surface area contributed by atoms with Crippen LogP contribution in [0.15, 0.2) is 48.5 Å². The fourth-order valence-corrected chi connectivity index (χ4v) is 3.56. The topological polar surface area (TPSA) is 85.9 Å². The molecule has 2 amide bonds. The lowest BCUT2D eigenvalue weighted by Crippen LogP contribution is -2.23. The molecule has 0 fully saturated rings. The molecule has 0 aliphatic heterocycles. The van der Waals surface area contributed by atoms with E-state index in [1.54, 1.807) is 48.5 Å². The average molecular weight is 503 g/mol. The zero-order valence-corrected chi connectivity index (χ0v) is 20.6. The van der Waals surface area contributed by atoms with Gasteiger partial charge in [-0.15, -0.1) is 0 Å². The minimum absolute atomic E-state index is 0.275. The molecule has 3 rings (SSSR count). The van der Waals surface area contributed by atoms with Crippen molar-refractivity contribution >= 4 is 40.7 Å². The number of carbonyl (C=O) groups is 2. The minimum atomic E-state index is -0.393. The number of halogens is 2. The lowest BCUT2D eigenvalue weighted by atomic mass is 10.1. The summed E-state index contributed by atoms with van der Waals surface area (Å²) >= 11 is 12.0. The molecule has 34 heavy (non-hydrogen) atoms. The van der Waals surface area contributed by atoms with Gasteiger partial charge in [0.05, 0.1) is 31.4 Å². The van der Waals surface area contributed by atoms with Gasteiger partial charge in [0.1, 0.15) is 0 Å². The van der Waals surface area contributed by atoms with Crippen molar-refractivity contribution in [2.75, 3.05) is 26.6 Å². The molecule has 178 valence electrons. The maximum absolute atomic E-state index is 13.0. The number of nitrogens with one attached hydrogen (secondary N) is 2. The van der Waals surface area contributed by atoms with E-state index in [4.69, 9.17) is 37.4 Å². The third kappa shape index (κ3) is 5.73. The first-order chi connectivity index (χ1) is 16.3. The number of methoxy groups -OCH3 is 3. The molecule has 0 aliphatic rings. The van der Waals surface area contributed by atoms with Crippen molar-refractivity contribution in [1.82, 2.24) is 5.32 Å². The van der Waals surface area contributed by atoms with Gasteiger partial charge < -0.3 is 24.8 Å². The van der Waals surface area contributed by atoms with Crippen LogP contribution in [0.1, 0.15) is 31.8 Å². The highest BCUT2D eigenvalue weighted by molar-refractivity contribution is 6.42. The average Bonchev–Trinajstić information content (AvgIpc) is 2.84. The number of anilines is 1. The Morgan fingerprint density at radius 2 is 1.47 bits per heavy atom. The minimum Gasteiger partial charge on any atom is -0.493 e. The van der Waals surface area contributed by atoms with E-state index in [9.17, 15) is 9.59 Å². The Hall–Kier alpha value is -3.42. The van der Waals surface area contributed by atoms with Gasteiger partial charge in [0.25, 0.3) is 11.8 Å². The van der Waals surface area contributed by atoms with Crippen LogP contribution in [-0.4, -0.2) is 33.1 Å². The van der Waals surface area contributed by atoms with Crippen molar-refractivity contribution in [3.05, 3.63) is 80.8 Å². The SMILES string of the molecule is COc1cc(C(=O)Nc2cc(C(=O)NCc3ccc(Cl)c(Cl)c3)ccc2C)cc(OC)c1OC. The van der Waals surface area contributed by atoms with E-state index in [-0.39, 0.29) is 12.5 Å². The monoisotopic (exact) mass is 502 g/mol. The number of rotatable bonds is 8. The first-order valence-corrected chi connectivity index (χ1v) is 11.0. The van der Waals surface area contributed by atoms with E-state index >= 15 is 0 Å². The van der Waals surface area contributed by atoms with Crippen molar-refractivity contribution < 1.29 is 23.8 Å². The van der Waals surface area contributed by atoms with Crippen LogP contribution in [0.3, 0.4) is 0 Å². The van der Waals surface area contributed by atoms with Crippen molar-refractivity contribution in [2.24, 2.45) is 0 Å². The number of ether oxygens (including phenoxy) is 3. The zero-order chi connectivity index (χ0) is 24.8. The van der Waals surface area contributed by atoms with Crippen LogP contribution in [0.4, 0.5) is 5.69 Å². The highest BCUT2D eigenvalue weighted by Gasteiger charge is 2.18. The van der Waals surface area contributed by atoms with E-state index in [1.165, 1.54) is 21.3 Å². The third-order valence-corrected chi connectivity index (χ3v) is 5.85. The Bertz CT molecular complexity index is 1200. The van der Waals surface area contributed by atoms with Gasteiger partial charge in [0.2, 0.25) is 5.75 Å². The highest BCUT2D eigenvalue weighted by Crippen LogP contribution is 2.38. The summed E-state index contributed by atoms with van der Waals surface area (Å²) in [5, 5.41) is 6.55. The van der Waals surface area contributed by atoms with Crippen LogP contribution in [-0.2, 0) is 6.54 Å². The molecule has 0 unspecified atom stereocenters. The molecule has 9 heteroatoms. The Kier molecular flexibility index (Phi) is 8.26. The summed E-state index contributed by atoms with van der Waals surface area (Å²) in [4.78, 5) is 25.7. The molecule has 0 heterocycles. The van der Waals surface area contributed by atoms with Crippen molar-refractivity contribution in [2.45, 2.75) is 13.5 Å². The standard InChI is InChI=1S/C25H24Cl2N2O5/c1-14-5-7-16(24(30)28-13-15-6-8-18(26)19(27)9-15)10-20(14)29-25(31)17-11-21(32-2)23(34-4)22(12-17)33-3/h5-12H,13H2,1-4H3,(H,28,30)(H,29,31). The number of benzene rings is 3. The summed E-state index contributed by atoms with van der Waals surface area (Å²) in [7, 11) is 4.44. The summed E-state index contributed by atoms with van der Waals surface area (Å²) in [6.45, 7) is 2.11. The largest absolute Gasteiger partial charge is 0.493 e. The van der Waals surface area contributed by atoms with E-state index < -0.39 is 5.91 Å². The van der Waals surface area contributed by atoms with Gasteiger partial charge in [-0.2, -0.15) is 0 Å². The first kappa shape index (κ1) is 25.2. The molecule has 0 spiro atoms. The molecule has 0 radical (unpaired) electrons. The van der Waals surface area contributed by atoms with Gasteiger partial charge in [0.15, 0.2) is 11.5 Å². The molecule has 7 nitrogen and oxygen atoms in total. The number of aryl methyl sites for hydroxylation is 1. The van der Waals surface area contributed by atoms with Crippen molar-refractivity contribution in [1.29, 1.82) is 0 Å². The molecule has 0 bridgehead atoms. The van der Waals surface area contributed by atoms with Crippen LogP contribution < -0.4 is 24.8 Å². The molecule has 3 aromatic rings. The number of hydrogen-bond acceptors (Lipinski definition) is 5. The summed E-state index contributed by atoms with van der Waals surface area (Å²) in [5.74, 6) is 0.418. The zero-order valence-electron chi connectivity index (χ0n) is 19.1. The maximum atomic E-state index is 13.0. The number of amides is 2. The van der Waals surface area contributed by atoms with E-state index in [2.05, 4.69) is 10.6 Å². The molecular formula is C25H24Cl2N2O5. The number of carbonyl (C=O) groups excluding carboxylic acids is 2. The lowest BCUT2D eigenvalue weighted by molar-refractivity contribution is 0.0949. The molecule has 0 saturated heterocycles. The predicted octanol–water partition coefficient (Wildman–Crippen LogP) is 5.51. The maximum Gasteiger partial charge on any atom is 0.255 e. The van der Waals surface area contributed by atoms with E-state index in [0.29, 0.717) is 44.1 Å². The Balaban J connectivity index is 1.77. The Morgan fingerprint density at radius 1 is 0.794 bits per heavy atom. The Morgan fingerprint density at radius 3 is 2.06 bits per heavy atom. The molecule has 0 aliphatic carbocycles. The van der Waals surface area contributed by atoms with E-state index in [1.807, 2.05) is 6.92 Å². The smallest absolute Gasteiger partial charge is 0.255 e. The highest BCUT2D eigenvalue weighted by atomic mass is 35.5. The van der Waals surface area contributed by atoms with E-state index in [0.717, 1.165) is 11.1 Å². The van der Waals surface area contributed by atoms with Gasteiger partial charge in [-0.3, -0.25) is 9.59 Å². The molecule has 0 saturated carbocycles. The summed E-state index contributed by atoms with van der Waals surface area (Å²) in [6, 6.07) is 13.3. The van der Waals surface area contributed by atoms with Gasteiger partial charge in [0, 0.05) is 23.4 Å². The van der Waals surface area contributed by atoms with Crippen LogP contribution in [0.2, 0.25) is 10.0 Å². The third-order valence-electron chi connectivity index (χ3n) is 5.11. The second kappa shape index (κ2) is 11.1. The fraction of sp³-hybridized carbons (Fsp3) is 0.200. The van der Waals surface area contributed by atoms with Crippen LogP contribution in [0.5, 0.6) is 17.2 Å². The molecule has 3 aromatic carbocycles. The van der Waals surface area contributed by atoms with Crippen LogP contribution in [0, 0.1) is 6.92 Å². The normalized spacial score (nSPS) is 10.4. The summed E-state index contributed by atoms with van der Waals surface area (Å²) < 4.78 is 15.9. The second-order valence-corrected chi connectivity index (χ2v) is 8.14. The van der Waals surface area contributed by atoms with Gasteiger partial charge in [-0.25, -0.2) is 0 Å². The van der Waals surface area contributed by atoms with Crippen molar-refractivity contribution in [3.63, 3.8) is 0 Å². The molecule has 0 aromatic heterocycles.